The van der Waals surface area contributed by atoms with E-state index >= 15 is 0 Å². The Balaban J connectivity index is 1.70. The zero-order chi connectivity index (χ0) is 12.4. The van der Waals surface area contributed by atoms with E-state index in [1.165, 1.54) is 0 Å². The van der Waals surface area contributed by atoms with Gasteiger partial charge in [0.05, 0.1) is 25.8 Å². The summed E-state index contributed by atoms with van der Waals surface area (Å²) in [6, 6.07) is 11.7. The van der Waals surface area contributed by atoms with Crippen LogP contribution in [-0.4, -0.2) is 34.6 Å². The first-order valence-electron chi connectivity index (χ1n) is 5.88. The van der Waals surface area contributed by atoms with Gasteiger partial charge in [-0.3, -0.25) is 4.84 Å². The van der Waals surface area contributed by atoms with Gasteiger partial charge >= 0.3 is 0 Å². The minimum absolute atomic E-state index is 0.351. The van der Waals surface area contributed by atoms with Crippen LogP contribution in [0.25, 0.3) is 11.3 Å². The predicted octanol–water partition coefficient (Wildman–Crippen LogP) is 1.45. The zero-order valence-corrected chi connectivity index (χ0v) is 9.82. The van der Waals surface area contributed by atoms with Gasteiger partial charge in [0.2, 0.25) is 0 Å². The Hall–Kier alpha value is -1.69. The lowest BCUT2D eigenvalue weighted by atomic mass is 10.2. The molecule has 0 saturated carbocycles. The molecule has 1 aliphatic heterocycles. The van der Waals surface area contributed by atoms with E-state index < -0.39 is 6.10 Å². The summed E-state index contributed by atoms with van der Waals surface area (Å²) in [5.74, 6) is 0.741. The lowest BCUT2D eigenvalue weighted by Gasteiger charge is -2.10. The molecule has 0 amide bonds. The average Bonchev–Trinajstić information content (AvgIpc) is 3.01. The van der Waals surface area contributed by atoms with Crippen LogP contribution in [0.3, 0.4) is 0 Å². The summed E-state index contributed by atoms with van der Waals surface area (Å²) < 4.78 is 5.29. The maximum absolute atomic E-state index is 9.35. The molecule has 5 heteroatoms. The largest absolute Gasteiger partial charge is 0.389 e. The maximum Gasteiger partial charge on any atom is 0.167 e. The first-order chi connectivity index (χ1) is 8.81. The number of aliphatic hydroxyl groups is 1. The SMILES string of the molecule is OC1CON(Cc2cc(-c3ccccc3)on2)C1. The van der Waals surface area contributed by atoms with Crippen molar-refractivity contribution < 1.29 is 14.5 Å². The van der Waals surface area contributed by atoms with Gasteiger partial charge < -0.3 is 9.63 Å². The summed E-state index contributed by atoms with van der Waals surface area (Å²) >= 11 is 0. The fraction of sp³-hybridized carbons (Fsp3) is 0.308. The average molecular weight is 246 g/mol. The molecular weight excluding hydrogens is 232 g/mol. The van der Waals surface area contributed by atoms with E-state index in [9.17, 15) is 5.11 Å². The van der Waals surface area contributed by atoms with Crippen LogP contribution in [0.1, 0.15) is 5.69 Å². The van der Waals surface area contributed by atoms with Crippen LogP contribution in [0.5, 0.6) is 0 Å². The molecule has 2 heterocycles. The minimum Gasteiger partial charge on any atom is -0.389 e. The highest BCUT2D eigenvalue weighted by Crippen LogP contribution is 2.21. The highest BCUT2D eigenvalue weighted by molar-refractivity contribution is 5.56. The molecule has 0 bridgehead atoms. The molecule has 5 nitrogen and oxygen atoms in total. The Morgan fingerprint density at radius 2 is 2.17 bits per heavy atom. The highest BCUT2D eigenvalue weighted by atomic mass is 16.7. The van der Waals surface area contributed by atoms with Gasteiger partial charge in [0.1, 0.15) is 5.69 Å². The molecule has 3 rings (SSSR count). The third-order valence-corrected chi connectivity index (χ3v) is 2.82. The summed E-state index contributed by atoms with van der Waals surface area (Å²) in [4.78, 5) is 5.29. The molecule has 0 aliphatic carbocycles. The number of hydroxylamine groups is 2. The van der Waals surface area contributed by atoms with E-state index in [-0.39, 0.29) is 0 Å². The van der Waals surface area contributed by atoms with Gasteiger partial charge in [0, 0.05) is 11.6 Å². The van der Waals surface area contributed by atoms with Crippen molar-refractivity contribution in [3.8, 4) is 11.3 Å². The maximum atomic E-state index is 9.35. The molecule has 94 valence electrons. The van der Waals surface area contributed by atoms with E-state index in [4.69, 9.17) is 9.36 Å². The molecule has 1 saturated heterocycles. The van der Waals surface area contributed by atoms with Gasteiger partial charge in [0.25, 0.3) is 0 Å². The Labute approximate surface area is 105 Å². The van der Waals surface area contributed by atoms with Gasteiger partial charge in [-0.25, -0.2) is 0 Å². The van der Waals surface area contributed by atoms with Gasteiger partial charge in [-0.05, 0) is 0 Å². The van der Waals surface area contributed by atoms with Gasteiger partial charge in [-0.2, -0.15) is 5.06 Å². The van der Waals surface area contributed by atoms with Gasteiger partial charge in [0.15, 0.2) is 5.76 Å². The number of hydrogen-bond acceptors (Lipinski definition) is 5. The van der Waals surface area contributed by atoms with Crippen molar-refractivity contribution in [3.05, 3.63) is 42.1 Å². The summed E-state index contributed by atoms with van der Waals surface area (Å²) in [6.07, 6.45) is -0.412. The molecule has 18 heavy (non-hydrogen) atoms. The molecule has 1 N–H and O–H groups in total. The Morgan fingerprint density at radius 3 is 2.89 bits per heavy atom. The molecule has 1 fully saturated rings. The summed E-state index contributed by atoms with van der Waals surface area (Å²) in [6.45, 7) is 1.38. The van der Waals surface area contributed by atoms with Crippen LogP contribution in [0.4, 0.5) is 0 Å². The Bertz CT molecular complexity index is 512. The Morgan fingerprint density at radius 1 is 1.33 bits per heavy atom. The van der Waals surface area contributed by atoms with Crippen LogP contribution in [0, 0.1) is 0 Å². The highest BCUT2D eigenvalue weighted by Gasteiger charge is 2.22. The number of hydrogen-bond donors (Lipinski definition) is 1. The number of rotatable bonds is 3. The van der Waals surface area contributed by atoms with Crippen molar-refractivity contribution in [2.45, 2.75) is 12.6 Å². The molecule has 2 aromatic rings. The lowest BCUT2D eigenvalue weighted by molar-refractivity contribution is -0.119. The fourth-order valence-corrected chi connectivity index (χ4v) is 1.95. The summed E-state index contributed by atoms with van der Waals surface area (Å²) in [5.41, 5.74) is 1.79. The second-order valence-corrected chi connectivity index (χ2v) is 4.32. The van der Waals surface area contributed by atoms with E-state index in [1.54, 1.807) is 5.06 Å². The fourth-order valence-electron chi connectivity index (χ4n) is 1.95. The second-order valence-electron chi connectivity index (χ2n) is 4.32. The zero-order valence-electron chi connectivity index (χ0n) is 9.82. The number of benzene rings is 1. The molecule has 0 spiro atoms. The van der Waals surface area contributed by atoms with Crippen LogP contribution in [-0.2, 0) is 11.4 Å². The summed E-state index contributed by atoms with van der Waals surface area (Å²) in [5, 5.41) is 15.0. The van der Waals surface area contributed by atoms with Crippen molar-refractivity contribution >= 4 is 0 Å². The van der Waals surface area contributed by atoms with Crippen molar-refractivity contribution in [2.24, 2.45) is 0 Å². The topological polar surface area (TPSA) is 58.7 Å². The lowest BCUT2D eigenvalue weighted by Crippen LogP contribution is -2.20. The van der Waals surface area contributed by atoms with E-state index in [2.05, 4.69) is 5.16 Å². The smallest absolute Gasteiger partial charge is 0.167 e. The molecule has 0 radical (unpaired) electrons. The number of aromatic nitrogens is 1. The normalized spacial score (nSPS) is 20.4. The first-order valence-corrected chi connectivity index (χ1v) is 5.88. The molecule has 1 aromatic carbocycles. The summed E-state index contributed by atoms with van der Waals surface area (Å²) in [7, 11) is 0. The quantitative estimate of drug-likeness (QED) is 0.888. The van der Waals surface area contributed by atoms with Crippen molar-refractivity contribution in [1.82, 2.24) is 10.2 Å². The van der Waals surface area contributed by atoms with E-state index in [1.807, 2.05) is 36.4 Å². The Kier molecular flexibility index (Phi) is 3.10. The molecule has 1 atom stereocenters. The molecule has 1 aliphatic rings. The number of β-amino-alcohol motifs (C(OH)–C–C–N with tert-alkyl or cyclic N) is 1. The third-order valence-electron chi connectivity index (χ3n) is 2.82. The van der Waals surface area contributed by atoms with Crippen LogP contribution in [0.2, 0.25) is 0 Å². The van der Waals surface area contributed by atoms with Crippen molar-refractivity contribution in [1.29, 1.82) is 0 Å². The number of aliphatic hydroxyl groups excluding tert-OH is 1. The van der Waals surface area contributed by atoms with E-state index in [0.717, 1.165) is 17.0 Å². The first kappa shape index (κ1) is 11.4. The predicted molar refractivity (Wildman–Crippen MR) is 64.3 cm³/mol. The van der Waals surface area contributed by atoms with Gasteiger partial charge in [-0.15, -0.1) is 0 Å². The second kappa shape index (κ2) is 4.89. The third kappa shape index (κ3) is 2.43. The van der Waals surface area contributed by atoms with Crippen molar-refractivity contribution in [2.75, 3.05) is 13.2 Å². The minimum atomic E-state index is -0.412. The monoisotopic (exact) mass is 246 g/mol. The van der Waals surface area contributed by atoms with Crippen molar-refractivity contribution in [3.63, 3.8) is 0 Å². The van der Waals surface area contributed by atoms with E-state index in [0.29, 0.717) is 19.7 Å². The molecule has 1 unspecified atom stereocenters. The standard InChI is InChI=1S/C13H14N2O3/c16-12-8-15(17-9-12)7-11-6-13(18-14-11)10-4-2-1-3-5-10/h1-6,12,16H,7-9H2. The van der Waals surface area contributed by atoms with Crippen LogP contribution >= 0.6 is 0 Å². The van der Waals surface area contributed by atoms with Gasteiger partial charge in [-0.1, -0.05) is 35.5 Å². The van der Waals surface area contributed by atoms with Crippen LogP contribution < -0.4 is 0 Å². The molecule has 1 aromatic heterocycles. The van der Waals surface area contributed by atoms with Crippen LogP contribution in [0.15, 0.2) is 40.9 Å². The number of nitrogens with zero attached hydrogens (tertiary/aromatic N) is 2. The molecular formula is C13H14N2O3.